The summed E-state index contributed by atoms with van der Waals surface area (Å²) in [7, 11) is 0. The summed E-state index contributed by atoms with van der Waals surface area (Å²) < 4.78 is 11.1. The Kier molecular flexibility index (Phi) is 5.16. The monoisotopic (exact) mass is 395 g/mol. The van der Waals surface area contributed by atoms with Gasteiger partial charge in [0.05, 0.1) is 5.69 Å². The number of aromatic nitrogens is 1. The van der Waals surface area contributed by atoms with Crippen LogP contribution in [0, 0.1) is 6.92 Å². The number of hydrogen-bond donors (Lipinski definition) is 2. The van der Waals surface area contributed by atoms with Crippen LogP contribution in [0.1, 0.15) is 27.9 Å². The van der Waals surface area contributed by atoms with E-state index in [1.54, 1.807) is 18.2 Å². The van der Waals surface area contributed by atoms with Gasteiger partial charge in [0.2, 0.25) is 0 Å². The smallest absolute Gasteiger partial charge is 0.267 e. The maximum absolute atomic E-state index is 12.8. The minimum atomic E-state index is -0.191. The molecule has 0 saturated carbocycles. The molecule has 0 saturated heterocycles. The fourth-order valence-corrected chi connectivity index (χ4v) is 3.91. The zero-order valence-corrected chi connectivity index (χ0v) is 16.6. The third kappa shape index (κ3) is 3.80. The molecule has 0 fully saturated rings. The van der Waals surface area contributed by atoms with Crippen molar-refractivity contribution in [1.82, 2.24) is 4.98 Å². The second-order valence-corrected chi connectivity index (χ2v) is 7.38. The highest BCUT2D eigenvalue weighted by molar-refractivity contribution is 7.17. The third-order valence-corrected chi connectivity index (χ3v) is 5.51. The van der Waals surface area contributed by atoms with Crippen LogP contribution < -0.4 is 20.1 Å². The molecule has 0 unspecified atom stereocenters. The molecule has 6 nitrogen and oxygen atoms in total. The summed E-state index contributed by atoms with van der Waals surface area (Å²) in [5.41, 5.74) is 3.57. The molecular weight excluding hydrogens is 374 g/mol. The number of hydrogen-bond acceptors (Lipinski definition) is 6. The van der Waals surface area contributed by atoms with E-state index in [9.17, 15) is 4.79 Å². The van der Waals surface area contributed by atoms with Crippen LogP contribution in [0.3, 0.4) is 0 Å². The molecule has 28 heavy (non-hydrogen) atoms. The van der Waals surface area contributed by atoms with Crippen molar-refractivity contribution in [2.45, 2.75) is 20.3 Å². The average molecular weight is 395 g/mol. The minimum Gasteiger partial charge on any atom is -0.486 e. The summed E-state index contributed by atoms with van der Waals surface area (Å²) in [5.74, 6) is 1.14. The number of nitrogens with one attached hydrogen (secondary N) is 2. The number of nitrogens with zero attached hydrogens (tertiary/aromatic N) is 1. The summed E-state index contributed by atoms with van der Waals surface area (Å²) in [5, 5.41) is 6.95. The lowest BCUT2D eigenvalue weighted by Crippen LogP contribution is -2.16. The quantitative estimate of drug-likeness (QED) is 0.650. The highest BCUT2D eigenvalue weighted by Crippen LogP contribution is 2.33. The summed E-state index contributed by atoms with van der Waals surface area (Å²) in [6, 6.07) is 13.5. The van der Waals surface area contributed by atoms with Gasteiger partial charge in [0.15, 0.2) is 16.6 Å². The molecule has 1 aliphatic rings. The molecule has 144 valence electrons. The van der Waals surface area contributed by atoms with Gasteiger partial charge in [0.1, 0.15) is 18.1 Å². The predicted octanol–water partition coefficient (Wildman–Crippen LogP) is 4.78. The number of carbonyl (C=O) groups is 1. The molecule has 2 heterocycles. The molecule has 2 N–H and O–H groups in total. The van der Waals surface area contributed by atoms with Crippen molar-refractivity contribution in [3.05, 3.63) is 58.6 Å². The van der Waals surface area contributed by atoms with Crippen molar-refractivity contribution < 1.29 is 14.3 Å². The van der Waals surface area contributed by atoms with Gasteiger partial charge in [-0.1, -0.05) is 36.5 Å². The van der Waals surface area contributed by atoms with Crippen LogP contribution >= 0.6 is 11.3 Å². The fourth-order valence-electron chi connectivity index (χ4n) is 3.04. The molecule has 1 amide bonds. The van der Waals surface area contributed by atoms with Crippen LogP contribution in [0.4, 0.5) is 16.5 Å². The number of carbonyl (C=O) groups excluding carboxylic acids is 1. The third-order valence-electron chi connectivity index (χ3n) is 4.44. The van der Waals surface area contributed by atoms with Gasteiger partial charge in [-0.25, -0.2) is 4.98 Å². The molecule has 7 heteroatoms. The number of rotatable bonds is 5. The van der Waals surface area contributed by atoms with Gasteiger partial charge in [0, 0.05) is 17.4 Å². The van der Waals surface area contributed by atoms with Gasteiger partial charge >= 0.3 is 0 Å². The zero-order valence-electron chi connectivity index (χ0n) is 15.7. The topological polar surface area (TPSA) is 72.5 Å². The maximum Gasteiger partial charge on any atom is 0.267 e. The first kappa shape index (κ1) is 18.3. The van der Waals surface area contributed by atoms with E-state index in [0.29, 0.717) is 46.1 Å². The Hall–Kier alpha value is -3.06. The van der Waals surface area contributed by atoms with E-state index in [0.717, 1.165) is 12.1 Å². The standard InChI is InChI=1S/C21H21N3O3S/c1-3-14-6-4-5-7-16(14)24-21-22-13(2)19(28-21)20(25)23-15-8-9-17-18(12-15)27-11-10-26-17/h4-9,12H,3,10-11H2,1-2H3,(H,22,24)(H,23,25). The van der Waals surface area contributed by atoms with Gasteiger partial charge in [-0.15, -0.1) is 0 Å². The number of aryl methyl sites for hydroxylation is 2. The average Bonchev–Trinajstić information content (AvgIpc) is 3.08. The molecule has 0 bridgehead atoms. The van der Waals surface area contributed by atoms with E-state index in [1.165, 1.54) is 16.9 Å². The highest BCUT2D eigenvalue weighted by Gasteiger charge is 2.18. The molecule has 3 aromatic rings. The second-order valence-electron chi connectivity index (χ2n) is 6.38. The molecule has 1 aliphatic heterocycles. The minimum absolute atomic E-state index is 0.191. The Morgan fingerprint density at radius 3 is 2.75 bits per heavy atom. The lowest BCUT2D eigenvalue weighted by Gasteiger charge is -2.18. The predicted molar refractivity (Wildman–Crippen MR) is 111 cm³/mol. The first-order valence-electron chi connectivity index (χ1n) is 9.17. The van der Waals surface area contributed by atoms with E-state index in [1.807, 2.05) is 25.1 Å². The van der Waals surface area contributed by atoms with E-state index >= 15 is 0 Å². The van der Waals surface area contributed by atoms with Gasteiger partial charge in [-0.2, -0.15) is 0 Å². The van der Waals surface area contributed by atoms with Gasteiger partial charge in [0.25, 0.3) is 5.91 Å². The zero-order chi connectivity index (χ0) is 19.5. The van der Waals surface area contributed by atoms with E-state index < -0.39 is 0 Å². The van der Waals surface area contributed by atoms with Crippen LogP contribution in [-0.4, -0.2) is 24.1 Å². The van der Waals surface area contributed by atoms with Gasteiger partial charge in [-0.3, -0.25) is 4.79 Å². The van der Waals surface area contributed by atoms with E-state index in [2.05, 4.69) is 28.6 Å². The number of amides is 1. The summed E-state index contributed by atoms with van der Waals surface area (Å²) in [6.45, 7) is 4.99. The van der Waals surface area contributed by atoms with Crippen LogP contribution in [-0.2, 0) is 6.42 Å². The Morgan fingerprint density at radius 1 is 1.14 bits per heavy atom. The number of para-hydroxylation sites is 1. The summed E-state index contributed by atoms with van der Waals surface area (Å²) in [4.78, 5) is 17.8. The highest BCUT2D eigenvalue weighted by atomic mass is 32.1. The summed E-state index contributed by atoms with van der Waals surface area (Å²) >= 11 is 1.34. The fraction of sp³-hybridized carbons (Fsp3) is 0.238. The number of ether oxygens (including phenoxy) is 2. The Morgan fingerprint density at radius 2 is 1.93 bits per heavy atom. The maximum atomic E-state index is 12.8. The number of anilines is 3. The normalized spacial score (nSPS) is 12.5. The molecule has 4 rings (SSSR count). The number of benzene rings is 2. The molecule has 2 aromatic carbocycles. The van der Waals surface area contributed by atoms with Crippen molar-refractivity contribution in [3.8, 4) is 11.5 Å². The first-order valence-corrected chi connectivity index (χ1v) is 9.99. The summed E-state index contributed by atoms with van der Waals surface area (Å²) in [6.07, 6.45) is 0.922. The van der Waals surface area contributed by atoms with Gasteiger partial charge in [-0.05, 0) is 37.1 Å². The van der Waals surface area contributed by atoms with Crippen LogP contribution in [0.2, 0.25) is 0 Å². The van der Waals surface area contributed by atoms with Crippen LogP contribution in [0.15, 0.2) is 42.5 Å². The number of thiazole rings is 1. The van der Waals surface area contributed by atoms with Crippen molar-refractivity contribution in [2.24, 2.45) is 0 Å². The largest absolute Gasteiger partial charge is 0.486 e. The Balaban J connectivity index is 1.51. The first-order chi connectivity index (χ1) is 13.6. The van der Waals surface area contributed by atoms with Crippen molar-refractivity contribution in [3.63, 3.8) is 0 Å². The lowest BCUT2D eigenvalue weighted by molar-refractivity contribution is 0.102. The Labute approximate surface area is 167 Å². The number of fused-ring (bicyclic) bond motifs is 1. The van der Waals surface area contributed by atoms with Crippen molar-refractivity contribution in [2.75, 3.05) is 23.8 Å². The second kappa shape index (κ2) is 7.90. The molecule has 1 aromatic heterocycles. The van der Waals surface area contributed by atoms with E-state index in [-0.39, 0.29) is 5.91 Å². The molecule has 0 atom stereocenters. The SMILES string of the molecule is CCc1ccccc1Nc1nc(C)c(C(=O)Nc2ccc3c(c2)OCCO3)s1. The molecular formula is C21H21N3O3S. The van der Waals surface area contributed by atoms with E-state index in [4.69, 9.17) is 9.47 Å². The van der Waals surface area contributed by atoms with Crippen molar-refractivity contribution >= 4 is 33.8 Å². The van der Waals surface area contributed by atoms with Gasteiger partial charge < -0.3 is 20.1 Å². The van der Waals surface area contributed by atoms with Crippen LogP contribution in [0.25, 0.3) is 0 Å². The van der Waals surface area contributed by atoms with Crippen LogP contribution in [0.5, 0.6) is 11.5 Å². The Bertz CT molecular complexity index is 1020. The molecule has 0 radical (unpaired) electrons. The molecule has 0 spiro atoms. The van der Waals surface area contributed by atoms with Crippen molar-refractivity contribution in [1.29, 1.82) is 0 Å². The lowest BCUT2D eigenvalue weighted by atomic mass is 10.1. The molecule has 0 aliphatic carbocycles.